The van der Waals surface area contributed by atoms with E-state index in [0.717, 1.165) is 10.5 Å². The Morgan fingerprint density at radius 2 is 1.83 bits per heavy atom. The van der Waals surface area contributed by atoms with E-state index < -0.39 is 6.04 Å². The fourth-order valence-corrected chi connectivity index (χ4v) is 2.98. The van der Waals surface area contributed by atoms with Gasteiger partial charge in [-0.25, -0.2) is 4.39 Å². The molecule has 0 fully saturated rings. The van der Waals surface area contributed by atoms with Crippen molar-refractivity contribution in [3.05, 3.63) is 66.0 Å². The molecule has 0 aliphatic carbocycles. The molecular formula is C18H20FNO2S. The molecule has 0 saturated heterocycles. The Balaban J connectivity index is 1.87. The third-order valence-corrected chi connectivity index (χ3v) is 4.73. The van der Waals surface area contributed by atoms with Crippen molar-refractivity contribution in [2.24, 2.45) is 5.92 Å². The summed E-state index contributed by atoms with van der Waals surface area (Å²) in [7, 11) is 0. The van der Waals surface area contributed by atoms with Gasteiger partial charge < -0.3 is 10.4 Å². The summed E-state index contributed by atoms with van der Waals surface area (Å²) in [6.07, 6.45) is 0. The van der Waals surface area contributed by atoms with Gasteiger partial charge in [-0.2, -0.15) is 0 Å². The Kier molecular flexibility index (Phi) is 6.62. The number of hydrogen-bond donors (Lipinski definition) is 2. The van der Waals surface area contributed by atoms with Gasteiger partial charge in [0, 0.05) is 16.6 Å². The van der Waals surface area contributed by atoms with Gasteiger partial charge in [-0.05, 0) is 29.8 Å². The molecule has 0 bridgehead atoms. The van der Waals surface area contributed by atoms with E-state index in [0.29, 0.717) is 5.75 Å². The number of aliphatic hydroxyl groups excluding tert-OH is 1. The zero-order valence-electron chi connectivity index (χ0n) is 12.9. The maximum Gasteiger partial charge on any atom is 0.224 e. The first kappa shape index (κ1) is 17.5. The molecule has 0 saturated carbocycles. The predicted molar refractivity (Wildman–Crippen MR) is 90.7 cm³/mol. The van der Waals surface area contributed by atoms with E-state index in [1.807, 2.05) is 37.3 Å². The lowest BCUT2D eigenvalue weighted by Crippen LogP contribution is -2.35. The molecule has 0 aliphatic heterocycles. The van der Waals surface area contributed by atoms with Crippen molar-refractivity contribution in [3.63, 3.8) is 0 Å². The number of rotatable bonds is 7. The molecule has 0 aromatic heterocycles. The molecule has 2 atom stereocenters. The van der Waals surface area contributed by atoms with Crippen molar-refractivity contribution in [3.8, 4) is 0 Å². The third-order valence-electron chi connectivity index (χ3n) is 3.46. The minimum Gasteiger partial charge on any atom is -0.394 e. The summed E-state index contributed by atoms with van der Waals surface area (Å²) in [6, 6.07) is 15.2. The SMILES string of the molecule is CC(CSc1ccc(F)cc1)C(=O)NC(CO)c1ccccc1. The third kappa shape index (κ3) is 5.37. The molecule has 0 aliphatic rings. The van der Waals surface area contributed by atoms with Crippen LogP contribution in [0.2, 0.25) is 0 Å². The molecule has 23 heavy (non-hydrogen) atoms. The first-order valence-corrected chi connectivity index (χ1v) is 8.43. The molecule has 3 nitrogen and oxygen atoms in total. The molecule has 122 valence electrons. The smallest absolute Gasteiger partial charge is 0.224 e. The minimum atomic E-state index is -0.401. The highest BCUT2D eigenvalue weighted by atomic mass is 32.2. The zero-order valence-corrected chi connectivity index (χ0v) is 13.7. The molecule has 2 rings (SSSR count). The van der Waals surface area contributed by atoms with Crippen LogP contribution in [0.15, 0.2) is 59.5 Å². The van der Waals surface area contributed by atoms with E-state index in [1.165, 1.54) is 23.9 Å². The second kappa shape index (κ2) is 8.70. The summed E-state index contributed by atoms with van der Waals surface area (Å²) in [5, 5.41) is 12.4. The van der Waals surface area contributed by atoms with Gasteiger partial charge in [-0.15, -0.1) is 11.8 Å². The number of carbonyl (C=O) groups is 1. The van der Waals surface area contributed by atoms with Gasteiger partial charge in [0.1, 0.15) is 5.82 Å². The van der Waals surface area contributed by atoms with E-state index in [9.17, 15) is 14.3 Å². The van der Waals surface area contributed by atoms with Gasteiger partial charge in [0.15, 0.2) is 0 Å². The minimum absolute atomic E-state index is 0.109. The fraction of sp³-hybridized carbons (Fsp3) is 0.278. The van der Waals surface area contributed by atoms with Crippen molar-refractivity contribution in [1.29, 1.82) is 0 Å². The van der Waals surface area contributed by atoms with Crippen LogP contribution in [0.1, 0.15) is 18.5 Å². The first-order chi connectivity index (χ1) is 11.1. The largest absolute Gasteiger partial charge is 0.394 e. The molecule has 0 heterocycles. The van der Waals surface area contributed by atoms with Gasteiger partial charge in [0.25, 0.3) is 0 Å². The average Bonchev–Trinajstić information content (AvgIpc) is 2.59. The van der Waals surface area contributed by atoms with Crippen molar-refractivity contribution in [1.82, 2.24) is 5.32 Å². The van der Waals surface area contributed by atoms with Gasteiger partial charge in [0.2, 0.25) is 5.91 Å². The molecule has 0 radical (unpaired) electrons. The van der Waals surface area contributed by atoms with E-state index in [-0.39, 0.29) is 24.2 Å². The van der Waals surface area contributed by atoms with E-state index in [4.69, 9.17) is 0 Å². The van der Waals surface area contributed by atoms with Gasteiger partial charge in [-0.1, -0.05) is 37.3 Å². The van der Waals surface area contributed by atoms with Crippen LogP contribution < -0.4 is 5.32 Å². The highest BCUT2D eigenvalue weighted by Crippen LogP contribution is 2.21. The monoisotopic (exact) mass is 333 g/mol. The lowest BCUT2D eigenvalue weighted by atomic mass is 10.1. The van der Waals surface area contributed by atoms with Crippen LogP contribution in [0, 0.1) is 11.7 Å². The van der Waals surface area contributed by atoms with E-state index in [1.54, 1.807) is 12.1 Å². The van der Waals surface area contributed by atoms with Crippen LogP contribution >= 0.6 is 11.8 Å². The van der Waals surface area contributed by atoms with E-state index in [2.05, 4.69) is 5.32 Å². The lowest BCUT2D eigenvalue weighted by Gasteiger charge is -2.19. The van der Waals surface area contributed by atoms with Gasteiger partial charge >= 0.3 is 0 Å². The predicted octanol–water partition coefficient (Wildman–Crippen LogP) is 3.40. The number of aliphatic hydroxyl groups is 1. The summed E-state index contributed by atoms with van der Waals surface area (Å²) in [6.45, 7) is 1.69. The summed E-state index contributed by atoms with van der Waals surface area (Å²) >= 11 is 1.51. The van der Waals surface area contributed by atoms with Crippen molar-refractivity contribution < 1.29 is 14.3 Å². The summed E-state index contributed by atoms with van der Waals surface area (Å²) in [5.74, 6) is -0.0103. The Morgan fingerprint density at radius 1 is 1.17 bits per heavy atom. The number of hydrogen-bond acceptors (Lipinski definition) is 3. The molecule has 2 N–H and O–H groups in total. The van der Waals surface area contributed by atoms with Crippen LogP contribution in [-0.2, 0) is 4.79 Å². The topological polar surface area (TPSA) is 49.3 Å². The molecule has 1 amide bonds. The quantitative estimate of drug-likeness (QED) is 0.764. The molecule has 2 unspecified atom stereocenters. The zero-order chi connectivity index (χ0) is 16.7. The average molecular weight is 333 g/mol. The molecular weight excluding hydrogens is 313 g/mol. The fourth-order valence-electron chi connectivity index (χ4n) is 2.06. The van der Waals surface area contributed by atoms with Crippen molar-refractivity contribution in [2.45, 2.75) is 17.9 Å². The first-order valence-electron chi connectivity index (χ1n) is 7.44. The van der Waals surface area contributed by atoms with E-state index >= 15 is 0 Å². The van der Waals surface area contributed by atoms with Crippen LogP contribution in [0.5, 0.6) is 0 Å². The number of nitrogens with one attached hydrogen (secondary N) is 1. The lowest BCUT2D eigenvalue weighted by molar-refractivity contribution is -0.124. The number of benzene rings is 2. The molecule has 0 spiro atoms. The van der Waals surface area contributed by atoms with Crippen LogP contribution in [0.3, 0.4) is 0 Å². The Hall–Kier alpha value is -1.85. The Bertz CT molecular complexity index is 619. The van der Waals surface area contributed by atoms with Crippen molar-refractivity contribution in [2.75, 3.05) is 12.4 Å². The number of thioether (sulfide) groups is 1. The van der Waals surface area contributed by atoms with Gasteiger partial charge in [-0.3, -0.25) is 4.79 Å². The maximum atomic E-state index is 12.9. The summed E-state index contributed by atoms with van der Waals surface area (Å²) in [4.78, 5) is 13.2. The maximum absolute atomic E-state index is 12.9. The highest BCUT2D eigenvalue weighted by Gasteiger charge is 2.18. The second-order valence-corrected chi connectivity index (χ2v) is 6.41. The number of amides is 1. The van der Waals surface area contributed by atoms with Crippen molar-refractivity contribution >= 4 is 17.7 Å². The second-order valence-electron chi connectivity index (χ2n) is 5.32. The Morgan fingerprint density at radius 3 is 2.43 bits per heavy atom. The van der Waals surface area contributed by atoms with Gasteiger partial charge in [0.05, 0.1) is 12.6 Å². The number of halogens is 1. The molecule has 2 aromatic rings. The van der Waals surface area contributed by atoms with Crippen LogP contribution in [0.25, 0.3) is 0 Å². The number of carbonyl (C=O) groups excluding carboxylic acids is 1. The Labute approximate surface area is 139 Å². The summed E-state index contributed by atoms with van der Waals surface area (Å²) in [5.41, 5.74) is 0.877. The molecule has 2 aromatic carbocycles. The standard InChI is InChI=1S/C18H20FNO2S/c1-13(12-23-16-9-7-15(19)8-10-16)18(22)20-17(11-21)14-5-3-2-4-6-14/h2-10,13,17,21H,11-12H2,1H3,(H,20,22). The van der Waals surface area contributed by atoms with Crippen LogP contribution in [0.4, 0.5) is 4.39 Å². The summed E-state index contributed by atoms with van der Waals surface area (Å²) < 4.78 is 12.9. The van der Waals surface area contributed by atoms with Crippen LogP contribution in [-0.4, -0.2) is 23.4 Å². The highest BCUT2D eigenvalue weighted by molar-refractivity contribution is 7.99. The molecule has 5 heteroatoms. The normalized spacial score (nSPS) is 13.3.